The van der Waals surface area contributed by atoms with Crippen LogP contribution in [0, 0.1) is 0 Å². The highest BCUT2D eigenvalue weighted by Crippen LogP contribution is 2.22. The molecule has 0 radical (unpaired) electrons. The Morgan fingerprint density at radius 2 is 1.83 bits per heavy atom. The van der Waals surface area contributed by atoms with E-state index in [0.29, 0.717) is 23.6 Å². The van der Waals surface area contributed by atoms with Gasteiger partial charge in [-0.1, -0.05) is 24.3 Å². The number of nitrogens with one attached hydrogen (secondary N) is 1. The molecule has 0 saturated carbocycles. The molecule has 0 fully saturated rings. The van der Waals surface area contributed by atoms with Crippen LogP contribution in [0.2, 0.25) is 0 Å². The third-order valence-corrected chi connectivity index (χ3v) is 3.41. The average Bonchev–Trinajstić information content (AvgIpc) is 3.24. The van der Waals surface area contributed by atoms with Crippen LogP contribution in [0.4, 0.5) is 0 Å². The molecule has 1 amide bonds. The Kier molecular flexibility index (Phi) is 4.10. The first-order valence-corrected chi connectivity index (χ1v) is 7.15. The monoisotopic (exact) mass is 309 g/mol. The lowest BCUT2D eigenvalue weighted by atomic mass is 10.1. The van der Waals surface area contributed by atoms with Crippen molar-refractivity contribution in [2.24, 2.45) is 0 Å². The van der Waals surface area contributed by atoms with Gasteiger partial charge in [-0.25, -0.2) is 0 Å². The standard InChI is InChI=1S/C18H15NO4/c1-12(20)13-4-6-14(7-5-13)16-8-9-17(23-16)18(21)19-11-15-3-2-10-22-15/h2-10H,11H2,1H3,(H,19,21). The molecule has 1 aromatic carbocycles. The molecule has 1 N–H and O–H groups in total. The SMILES string of the molecule is CC(=O)c1ccc(-c2ccc(C(=O)NCc3ccco3)o2)cc1. The highest BCUT2D eigenvalue weighted by atomic mass is 16.4. The van der Waals surface area contributed by atoms with E-state index in [-0.39, 0.29) is 17.5 Å². The second kappa shape index (κ2) is 6.36. The molecule has 2 heterocycles. The molecule has 5 nitrogen and oxygen atoms in total. The fraction of sp³-hybridized carbons (Fsp3) is 0.111. The van der Waals surface area contributed by atoms with Crippen LogP contribution in [-0.4, -0.2) is 11.7 Å². The summed E-state index contributed by atoms with van der Waals surface area (Å²) in [5.74, 6) is 1.16. The van der Waals surface area contributed by atoms with E-state index < -0.39 is 0 Å². The first-order valence-electron chi connectivity index (χ1n) is 7.15. The van der Waals surface area contributed by atoms with E-state index in [9.17, 15) is 9.59 Å². The molecule has 0 aliphatic rings. The van der Waals surface area contributed by atoms with Gasteiger partial charge in [0.25, 0.3) is 5.91 Å². The van der Waals surface area contributed by atoms with E-state index in [4.69, 9.17) is 8.83 Å². The van der Waals surface area contributed by atoms with Crippen molar-refractivity contribution in [3.8, 4) is 11.3 Å². The molecule has 0 atom stereocenters. The Labute approximate surface area is 132 Å². The van der Waals surface area contributed by atoms with E-state index >= 15 is 0 Å². The summed E-state index contributed by atoms with van der Waals surface area (Å²) in [4.78, 5) is 23.3. The number of rotatable bonds is 5. The lowest BCUT2D eigenvalue weighted by Crippen LogP contribution is -2.21. The second-order valence-electron chi connectivity index (χ2n) is 5.06. The van der Waals surface area contributed by atoms with Crippen molar-refractivity contribution in [3.63, 3.8) is 0 Å². The fourth-order valence-corrected chi connectivity index (χ4v) is 2.15. The zero-order valence-corrected chi connectivity index (χ0v) is 12.5. The summed E-state index contributed by atoms with van der Waals surface area (Å²) in [7, 11) is 0. The van der Waals surface area contributed by atoms with Crippen molar-refractivity contribution in [1.29, 1.82) is 0 Å². The van der Waals surface area contributed by atoms with Crippen LogP contribution in [-0.2, 0) is 6.54 Å². The van der Waals surface area contributed by atoms with Crippen molar-refractivity contribution >= 4 is 11.7 Å². The second-order valence-corrected chi connectivity index (χ2v) is 5.06. The molecule has 0 aliphatic carbocycles. The maximum Gasteiger partial charge on any atom is 0.287 e. The Morgan fingerprint density at radius 3 is 2.48 bits per heavy atom. The summed E-state index contributed by atoms with van der Waals surface area (Å²) in [6, 6.07) is 13.9. The lowest BCUT2D eigenvalue weighted by Gasteiger charge is -2.01. The largest absolute Gasteiger partial charge is 0.467 e. The van der Waals surface area contributed by atoms with Gasteiger partial charge in [0.05, 0.1) is 12.8 Å². The quantitative estimate of drug-likeness (QED) is 0.730. The van der Waals surface area contributed by atoms with Gasteiger partial charge in [-0.05, 0) is 31.2 Å². The normalized spacial score (nSPS) is 10.5. The van der Waals surface area contributed by atoms with Crippen LogP contribution < -0.4 is 5.32 Å². The first kappa shape index (κ1) is 14.8. The lowest BCUT2D eigenvalue weighted by molar-refractivity contribution is 0.0920. The summed E-state index contributed by atoms with van der Waals surface area (Å²) in [6.07, 6.45) is 1.55. The minimum Gasteiger partial charge on any atom is -0.467 e. The number of Topliss-reactive ketones (excluding diaryl/α,β-unsaturated/α-hetero) is 1. The Hall–Kier alpha value is -3.08. The molecule has 3 rings (SSSR count). The van der Waals surface area contributed by atoms with Gasteiger partial charge in [0, 0.05) is 11.1 Å². The topological polar surface area (TPSA) is 72.5 Å². The van der Waals surface area contributed by atoms with Crippen LogP contribution >= 0.6 is 0 Å². The number of benzene rings is 1. The van der Waals surface area contributed by atoms with E-state index in [1.807, 2.05) is 0 Å². The molecule has 0 spiro atoms. The predicted octanol–water partition coefficient (Wildman–Crippen LogP) is 3.67. The Bertz CT molecular complexity index is 813. The maximum atomic E-state index is 12.0. The average molecular weight is 309 g/mol. The van der Waals surface area contributed by atoms with Crippen molar-refractivity contribution in [3.05, 3.63) is 71.9 Å². The zero-order chi connectivity index (χ0) is 16.2. The number of carbonyl (C=O) groups excluding carboxylic acids is 2. The van der Waals surface area contributed by atoms with Gasteiger partial charge in [-0.3, -0.25) is 9.59 Å². The van der Waals surface area contributed by atoms with Gasteiger partial charge in [0.1, 0.15) is 11.5 Å². The molecule has 3 aromatic rings. The van der Waals surface area contributed by atoms with Crippen molar-refractivity contribution < 1.29 is 18.4 Å². The molecule has 5 heteroatoms. The molecule has 0 saturated heterocycles. The molecule has 0 unspecified atom stereocenters. The predicted molar refractivity (Wildman–Crippen MR) is 84.0 cm³/mol. The van der Waals surface area contributed by atoms with Crippen molar-refractivity contribution in [2.45, 2.75) is 13.5 Å². The Balaban J connectivity index is 1.69. The number of carbonyl (C=O) groups is 2. The van der Waals surface area contributed by atoms with Crippen molar-refractivity contribution in [1.82, 2.24) is 5.32 Å². The third-order valence-electron chi connectivity index (χ3n) is 3.41. The van der Waals surface area contributed by atoms with E-state index in [1.165, 1.54) is 6.92 Å². The van der Waals surface area contributed by atoms with Crippen LogP contribution in [0.15, 0.2) is 63.6 Å². The number of ketones is 1. The molecular weight excluding hydrogens is 294 g/mol. The molecule has 2 aromatic heterocycles. The zero-order valence-electron chi connectivity index (χ0n) is 12.5. The fourth-order valence-electron chi connectivity index (χ4n) is 2.15. The van der Waals surface area contributed by atoms with Gasteiger partial charge in [0.15, 0.2) is 11.5 Å². The molecular formula is C18H15NO4. The number of hydrogen-bond acceptors (Lipinski definition) is 4. The smallest absolute Gasteiger partial charge is 0.287 e. The van der Waals surface area contributed by atoms with E-state index in [0.717, 1.165) is 5.56 Å². The van der Waals surface area contributed by atoms with Crippen LogP contribution in [0.5, 0.6) is 0 Å². The molecule has 0 aliphatic heterocycles. The van der Waals surface area contributed by atoms with Crippen molar-refractivity contribution in [2.75, 3.05) is 0 Å². The van der Waals surface area contributed by atoms with Gasteiger partial charge in [0.2, 0.25) is 0 Å². The number of amides is 1. The van der Waals surface area contributed by atoms with Gasteiger partial charge in [-0.15, -0.1) is 0 Å². The highest BCUT2D eigenvalue weighted by Gasteiger charge is 2.12. The highest BCUT2D eigenvalue weighted by molar-refractivity contribution is 5.94. The minimum atomic E-state index is -0.312. The van der Waals surface area contributed by atoms with Gasteiger partial charge in [-0.2, -0.15) is 0 Å². The minimum absolute atomic E-state index is 0.00832. The van der Waals surface area contributed by atoms with Crippen LogP contribution in [0.3, 0.4) is 0 Å². The number of hydrogen-bond donors (Lipinski definition) is 1. The van der Waals surface area contributed by atoms with Crippen LogP contribution in [0.25, 0.3) is 11.3 Å². The molecule has 0 bridgehead atoms. The summed E-state index contributed by atoms with van der Waals surface area (Å²) in [5, 5.41) is 2.72. The summed E-state index contributed by atoms with van der Waals surface area (Å²) >= 11 is 0. The molecule has 116 valence electrons. The summed E-state index contributed by atoms with van der Waals surface area (Å²) < 4.78 is 10.7. The molecule has 23 heavy (non-hydrogen) atoms. The third kappa shape index (κ3) is 3.40. The van der Waals surface area contributed by atoms with E-state index in [2.05, 4.69) is 5.32 Å². The van der Waals surface area contributed by atoms with E-state index in [1.54, 1.807) is 54.8 Å². The first-order chi connectivity index (χ1) is 11.1. The summed E-state index contributed by atoms with van der Waals surface area (Å²) in [6.45, 7) is 1.82. The Morgan fingerprint density at radius 1 is 1.04 bits per heavy atom. The number of furan rings is 2. The van der Waals surface area contributed by atoms with Crippen LogP contribution in [0.1, 0.15) is 33.6 Å². The summed E-state index contributed by atoms with van der Waals surface area (Å²) in [5.41, 5.74) is 1.44. The maximum absolute atomic E-state index is 12.0. The van der Waals surface area contributed by atoms with Gasteiger partial charge < -0.3 is 14.2 Å². The van der Waals surface area contributed by atoms with Gasteiger partial charge >= 0.3 is 0 Å².